The monoisotopic (exact) mass is 301 g/mol. The number of rotatable bonds is 6. The average Bonchev–Trinajstić information content (AvgIpc) is 2.49. The van der Waals surface area contributed by atoms with E-state index < -0.39 is 4.75 Å². The Morgan fingerprint density at radius 3 is 2.24 bits per heavy atom. The van der Waals surface area contributed by atoms with Gasteiger partial charge in [-0.2, -0.15) is 0 Å². The second-order valence-electron chi connectivity index (χ2n) is 4.90. The lowest BCUT2D eigenvalue weighted by atomic mass is 10.1. The summed E-state index contributed by atoms with van der Waals surface area (Å²) >= 11 is 1.51. The van der Waals surface area contributed by atoms with Crippen LogP contribution >= 0.6 is 11.8 Å². The average molecular weight is 301 g/mol. The van der Waals surface area contributed by atoms with Crippen molar-refractivity contribution in [3.8, 4) is 0 Å². The lowest BCUT2D eigenvalue weighted by Gasteiger charge is -2.27. The summed E-state index contributed by atoms with van der Waals surface area (Å²) in [6.45, 7) is 2.23. The van der Waals surface area contributed by atoms with Crippen molar-refractivity contribution < 1.29 is 9.53 Å². The molecule has 21 heavy (non-hydrogen) atoms. The van der Waals surface area contributed by atoms with Crippen molar-refractivity contribution in [1.29, 1.82) is 0 Å². The minimum Gasteiger partial charge on any atom is -0.383 e. The molecule has 0 saturated heterocycles. The molecule has 2 aromatic rings. The summed E-state index contributed by atoms with van der Waals surface area (Å²) in [6.07, 6.45) is 0. The number of carbonyl (C=O) groups is 1. The largest absolute Gasteiger partial charge is 0.383 e. The Morgan fingerprint density at radius 1 is 1.10 bits per heavy atom. The van der Waals surface area contributed by atoms with E-state index >= 15 is 0 Å². The molecule has 1 N–H and O–H groups in total. The molecule has 2 rings (SSSR count). The topological polar surface area (TPSA) is 38.3 Å². The molecule has 0 aliphatic heterocycles. The molecule has 1 unspecified atom stereocenters. The lowest BCUT2D eigenvalue weighted by molar-refractivity contribution is -0.119. The molecular weight excluding hydrogens is 282 g/mol. The Bertz CT molecular complexity index is 574. The van der Waals surface area contributed by atoms with E-state index in [-0.39, 0.29) is 5.91 Å². The fraction of sp³-hybridized carbons (Fsp3) is 0.235. The van der Waals surface area contributed by atoms with Gasteiger partial charge in [0.2, 0.25) is 5.91 Å². The number of anilines is 1. The first-order valence-electron chi connectivity index (χ1n) is 6.73. The van der Waals surface area contributed by atoms with Gasteiger partial charge in [-0.15, -0.1) is 11.8 Å². The van der Waals surface area contributed by atoms with E-state index in [0.717, 1.165) is 10.6 Å². The molecule has 0 bridgehead atoms. The first kappa shape index (κ1) is 15.6. The van der Waals surface area contributed by atoms with Crippen LogP contribution < -0.4 is 5.32 Å². The summed E-state index contributed by atoms with van der Waals surface area (Å²) in [5.74, 6) is -0.0654. The van der Waals surface area contributed by atoms with Crippen molar-refractivity contribution in [2.45, 2.75) is 16.6 Å². The Kier molecular flexibility index (Phi) is 5.42. The van der Waals surface area contributed by atoms with Crippen LogP contribution in [-0.4, -0.2) is 24.4 Å². The summed E-state index contributed by atoms with van der Waals surface area (Å²) < 4.78 is 4.57. The molecule has 0 radical (unpaired) electrons. The van der Waals surface area contributed by atoms with E-state index in [1.54, 1.807) is 7.11 Å². The van der Waals surface area contributed by atoms with Crippen molar-refractivity contribution >= 4 is 23.4 Å². The highest BCUT2D eigenvalue weighted by atomic mass is 32.2. The molecular formula is C17H19NO2S. The first-order chi connectivity index (χ1) is 10.1. The molecule has 1 amide bonds. The third-order valence-corrected chi connectivity index (χ3v) is 4.28. The molecule has 0 spiro atoms. The number of carbonyl (C=O) groups excluding carboxylic acids is 1. The van der Waals surface area contributed by atoms with E-state index in [4.69, 9.17) is 4.74 Å². The number of para-hydroxylation sites is 1. The van der Waals surface area contributed by atoms with Crippen LogP contribution in [-0.2, 0) is 9.53 Å². The third kappa shape index (κ3) is 4.34. The molecule has 0 aliphatic carbocycles. The number of amides is 1. The van der Waals surface area contributed by atoms with Crippen LogP contribution in [0.4, 0.5) is 5.69 Å². The van der Waals surface area contributed by atoms with Crippen molar-refractivity contribution in [2.75, 3.05) is 19.0 Å². The molecule has 110 valence electrons. The molecule has 0 saturated carbocycles. The standard InChI is InChI=1S/C17H19NO2S/c1-17(13-20-2,21-15-11-7-4-8-12-15)16(19)18-14-9-5-3-6-10-14/h3-12H,13H2,1-2H3,(H,18,19). The van der Waals surface area contributed by atoms with Gasteiger partial charge in [0, 0.05) is 17.7 Å². The molecule has 0 fully saturated rings. The van der Waals surface area contributed by atoms with Crippen LogP contribution in [0, 0.1) is 0 Å². The van der Waals surface area contributed by atoms with Crippen LogP contribution in [0.1, 0.15) is 6.92 Å². The normalized spacial score (nSPS) is 13.4. The summed E-state index contributed by atoms with van der Waals surface area (Å²) in [7, 11) is 1.61. The fourth-order valence-electron chi connectivity index (χ4n) is 1.95. The highest BCUT2D eigenvalue weighted by Crippen LogP contribution is 2.34. The lowest BCUT2D eigenvalue weighted by Crippen LogP contribution is -2.41. The molecule has 1 atom stereocenters. The zero-order valence-corrected chi connectivity index (χ0v) is 13.0. The number of hydrogen-bond acceptors (Lipinski definition) is 3. The Labute approximate surface area is 129 Å². The fourth-order valence-corrected chi connectivity index (χ4v) is 3.08. The highest BCUT2D eigenvalue weighted by Gasteiger charge is 2.34. The quantitative estimate of drug-likeness (QED) is 0.824. The molecule has 0 aromatic heterocycles. The minimum atomic E-state index is -0.689. The summed E-state index contributed by atoms with van der Waals surface area (Å²) in [5, 5.41) is 2.95. The first-order valence-corrected chi connectivity index (χ1v) is 7.55. The van der Waals surface area contributed by atoms with E-state index in [9.17, 15) is 4.79 Å². The highest BCUT2D eigenvalue weighted by molar-refractivity contribution is 8.01. The number of ether oxygens (including phenoxy) is 1. The van der Waals surface area contributed by atoms with Crippen molar-refractivity contribution in [3.05, 3.63) is 60.7 Å². The molecule has 4 heteroatoms. The van der Waals surface area contributed by atoms with Gasteiger partial charge in [-0.25, -0.2) is 0 Å². The predicted molar refractivity (Wildman–Crippen MR) is 87.7 cm³/mol. The Balaban J connectivity index is 2.14. The zero-order chi connectivity index (χ0) is 15.1. The van der Waals surface area contributed by atoms with Crippen LogP contribution in [0.5, 0.6) is 0 Å². The minimum absolute atomic E-state index is 0.0654. The zero-order valence-electron chi connectivity index (χ0n) is 12.2. The van der Waals surface area contributed by atoms with Gasteiger partial charge in [-0.3, -0.25) is 4.79 Å². The van der Waals surface area contributed by atoms with Gasteiger partial charge in [0.05, 0.1) is 6.61 Å². The maximum Gasteiger partial charge on any atom is 0.243 e. The predicted octanol–water partition coefficient (Wildman–Crippen LogP) is 3.82. The maximum atomic E-state index is 12.6. The van der Waals surface area contributed by atoms with Gasteiger partial charge in [0.1, 0.15) is 4.75 Å². The van der Waals surface area contributed by atoms with Crippen LogP contribution in [0.15, 0.2) is 65.6 Å². The Morgan fingerprint density at radius 2 is 1.67 bits per heavy atom. The van der Waals surface area contributed by atoms with Crippen molar-refractivity contribution in [1.82, 2.24) is 0 Å². The summed E-state index contributed by atoms with van der Waals surface area (Å²) in [4.78, 5) is 13.7. The molecule has 0 aliphatic rings. The number of benzene rings is 2. The second-order valence-corrected chi connectivity index (χ2v) is 6.48. The molecule has 2 aromatic carbocycles. The van der Waals surface area contributed by atoms with E-state index in [2.05, 4.69) is 5.32 Å². The molecule has 0 heterocycles. The number of nitrogens with one attached hydrogen (secondary N) is 1. The van der Waals surface area contributed by atoms with Crippen molar-refractivity contribution in [3.63, 3.8) is 0 Å². The number of thioether (sulfide) groups is 1. The third-order valence-electron chi connectivity index (χ3n) is 3.02. The van der Waals surface area contributed by atoms with Gasteiger partial charge in [-0.05, 0) is 31.2 Å². The van der Waals surface area contributed by atoms with Crippen LogP contribution in [0.3, 0.4) is 0 Å². The second kappa shape index (κ2) is 7.29. The molecule has 3 nitrogen and oxygen atoms in total. The van der Waals surface area contributed by atoms with E-state index in [1.165, 1.54) is 11.8 Å². The maximum absolute atomic E-state index is 12.6. The number of hydrogen-bond donors (Lipinski definition) is 1. The van der Waals surface area contributed by atoms with Gasteiger partial charge < -0.3 is 10.1 Å². The van der Waals surface area contributed by atoms with Gasteiger partial charge >= 0.3 is 0 Å². The Hall–Kier alpha value is -1.78. The van der Waals surface area contributed by atoms with Gasteiger partial charge in [0.15, 0.2) is 0 Å². The van der Waals surface area contributed by atoms with Gasteiger partial charge in [0.25, 0.3) is 0 Å². The SMILES string of the molecule is COCC(C)(Sc1ccccc1)C(=O)Nc1ccccc1. The van der Waals surface area contributed by atoms with Crippen LogP contribution in [0.25, 0.3) is 0 Å². The summed E-state index contributed by atoms with van der Waals surface area (Å²) in [6, 6.07) is 19.3. The van der Waals surface area contributed by atoms with Crippen LogP contribution in [0.2, 0.25) is 0 Å². The summed E-state index contributed by atoms with van der Waals surface area (Å²) in [5.41, 5.74) is 0.790. The van der Waals surface area contributed by atoms with E-state index in [0.29, 0.717) is 6.61 Å². The van der Waals surface area contributed by atoms with Crippen molar-refractivity contribution in [2.24, 2.45) is 0 Å². The smallest absolute Gasteiger partial charge is 0.243 e. The number of methoxy groups -OCH3 is 1. The van der Waals surface area contributed by atoms with E-state index in [1.807, 2.05) is 67.6 Å². The van der Waals surface area contributed by atoms with Gasteiger partial charge in [-0.1, -0.05) is 36.4 Å².